The third-order valence-electron chi connectivity index (χ3n) is 5.08. The van der Waals surface area contributed by atoms with Crippen LogP contribution in [0, 0.1) is 12.8 Å². The van der Waals surface area contributed by atoms with E-state index in [-0.39, 0.29) is 19.1 Å². The van der Waals surface area contributed by atoms with E-state index in [1.54, 1.807) is 23.1 Å². The summed E-state index contributed by atoms with van der Waals surface area (Å²) in [5.41, 5.74) is 2.68. The van der Waals surface area contributed by atoms with Gasteiger partial charge >= 0.3 is 6.09 Å². The van der Waals surface area contributed by atoms with Crippen molar-refractivity contribution in [3.05, 3.63) is 54.0 Å². The highest BCUT2D eigenvalue weighted by Gasteiger charge is 2.32. The number of aromatic nitrogens is 4. The molecule has 0 spiro atoms. The Morgan fingerprint density at radius 2 is 2.17 bits per heavy atom. The van der Waals surface area contributed by atoms with Gasteiger partial charge in [-0.3, -0.25) is 4.98 Å². The molecule has 152 valence electrons. The summed E-state index contributed by atoms with van der Waals surface area (Å²) in [6.45, 7) is 3.08. The largest absolute Gasteiger partial charge is 0.445 e. The average Bonchev–Trinajstić information content (AvgIpc) is 3.15. The lowest BCUT2D eigenvalue weighted by molar-refractivity contribution is 0.0544. The van der Waals surface area contributed by atoms with Crippen molar-refractivity contribution in [1.29, 1.82) is 0 Å². The van der Waals surface area contributed by atoms with Gasteiger partial charge in [0.25, 0.3) is 0 Å². The number of carbonyl (C=O) groups is 1. The van der Waals surface area contributed by atoms with Crippen LogP contribution in [0.5, 0.6) is 0 Å². The van der Waals surface area contributed by atoms with Gasteiger partial charge in [0.15, 0.2) is 5.65 Å². The highest BCUT2D eigenvalue weighted by Crippen LogP contribution is 2.22. The van der Waals surface area contributed by atoms with Gasteiger partial charge in [-0.2, -0.15) is 4.98 Å². The summed E-state index contributed by atoms with van der Waals surface area (Å²) in [7, 11) is 0. The molecule has 1 saturated heterocycles. The van der Waals surface area contributed by atoms with Crippen LogP contribution in [-0.2, 0) is 11.3 Å². The van der Waals surface area contributed by atoms with Crippen molar-refractivity contribution in [2.45, 2.75) is 26.1 Å². The topological polar surface area (TPSA) is 84.6 Å². The van der Waals surface area contributed by atoms with E-state index in [0.717, 1.165) is 11.1 Å². The van der Waals surface area contributed by atoms with Gasteiger partial charge in [0.1, 0.15) is 12.8 Å². The zero-order valence-electron chi connectivity index (χ0n) is 16.2. The van der Waals surface area contributed by atoms with Gasteiger partial charge in [-0.25, -0.2) is 13.7 Å². The number of nitrogens with one attached hydrogen (secondary N) is 1. The number of fused-ring (bicyclic) bond motifs is 1. The molecule has 1 fully saturated rings. The summed E-state index contributed by atoms with van der Waals surface area (Å²) in [6, 6.07) is 7.77. The molecule has 1 aromatic carbocycles. The minimum atomic E-state index is -1.14. The van der Waals surface area contributed by atoms with E-state index in [4.69, 9.17) is 4.74 Å². The van der Waals surface area contributed by atoms with Crippen molar-refractivity contribution in [2.75, 3.05) is 25.0 Å². The van der Waals surface area contributed by atoms with E-state index in [1.165, 1.54) is 4.90 Å². The Hall–Kier alpha value is -3.23. The third-order valence-corrected chi connectivity index (χ3v) is 5.08. The summed E-state index contributed by atoms with van der Waals surface area (Å²) in [6.07, 6.45) is 3.86. The smallest absolute Gasteiger partial charge is 0.410 e. The maximum Gasteiger partial charge on any atom is 0.410 e. The fourth-order valence-electron chi connectivity index (χ4n) is 3.31. The number of amides is 1. The summed E-state index contributed by atoms with van der Waals surface area (Å²) >= 11 is 0. The molecular formula is C20H23FN6O2. The molecule has 0 saturated carbocycles. The normalized spacial score (nSPS) is 19.3. The van der Waals surface area contributed by atoms with Crippen LogP contribution in [0.2, 0.25) is 0 Å². The van der Waals surface area contributed by atoms with Gasteiger partial charge in [-0.15, -0.1) is 5.10 Å². The van der Waals surface area contributed by atoms with E-state index in [1.807, 2.05) is 31.2 Å². The predicted octanol–water partition coefficient (Wildman–Crippen LogP) is 2.84. The number of rotatable bonds is 5. The number of ether oxygens (including phenoxy) is 1. The summed E-state index contributed by atoms with van der Waals surface area (Å²) in [4.78, 5) is 22.0. The van der Waals surface area contributed by atoms with Crippen LogP contribution in [0.25, 0.3) is 5.65 Å². The molecule has 0 aliphatic carbocycles. The van der Waals surface area contributed by atoms with Gasteiger partial charge in [0, 0.05) is 31.4 Å². The zero-order chi connectivity index (χ0) is 20.2. The molecule has 2 atom stereocenters. The number of alkyl halides is 1. The molecule has 3 aromatic rings. The van der Waals surface area contributed by atoms with Crippen LogP contribution >= 0.6 is 0 Å². The second kappa shape index (κ2) is 8.42. The lowest BCUT2D eigenvalue weighted by Gasteiger charge is -2.34. The maximum atomic E-state index is 14.6. The molecule has 8 nitrogen and oxygen atoms in total. The molecule has 1 aliphatic heterocycles. The van der Waals surface area contributed by atoms with Crippen molar-refractivity contribution in [2.24, 2.45) is 5.92 Å². The number of hydrogen-bond acceptors (Lipinski definition) is 6. The van der Waals surface area contributed by atoms with Gasteiger partial charge in [0.05, 0.1) is 12.7 Å². The molecule has 2 aromatic heterocycles. The number of halogens is 1. The van der Waals surface area contributed by atoms with Crippen LogP contribution in [0.3, 0.4) is 0 Å². The molecule has 0 radical (unpaired) electrons. The number of hydrogen-bond donors (Lipinski definition) is 1. The van der Waals surface area contributed by atoms with E-state index >= 15 is 0 Å². The molecule has 9 heteroatoms. The lowest BCUT2D eigenvalue weighted by Crippen LogP contribution is -2.46. The summed E-state index contributed by atoms with van der Waals surface area (Å²) in [5, 5.41) is 7.36. The van der Waals surface area contributed by atoms with Gasteiger partial charge < -0.3 is 15.0 Å². The first-order valence-electron chi connectivity index (χ1n) is 9.60. The number of nitrogens with zero attached hydrogens (tertiary/aromatic N) is 5. The Balaban J connectivity index is 1.25. The first-order chi connectivity index (χ1) is 14.1. The minimum absolute atomic E-state index is 0.0294. The minimum Gasteiger partial charge on any atom is -0.445 e. The van der Waals surface area contributed by atoms with Crippen LogP contribution in [0.15, 0.2) is 42.9 Å². The third kappa shape index (κ3) is 4.61. The van der Waals surface area contributed by atoms with Crippen molar-refractivity contribution in [1.82, 2.24) is 24.5 Å². The van der Waals surface area contributed by atoms with Crippen LogP contribution in [0.4, 0.5) is 15.1 Å². The fourth-order valence-corrected chi connectivity index (χ4v) is 3.31. The van der Waals surface area contributed by atoms with Gasteiger partial charge in [-0.05, 0) is 18.9 Å². The van der Waals surface area contributed by atoms with Crippen LogP contribution in [0.1, 0.15) is 17.5 Å². The first-order valence-corrected chi connectivity index (χ1v) is 9.60. The summed E-state index contributed by atoms with van der Waals surface area (Å²) in [5.74, 6) is 0.214. The van der Waals surface area contributed by atoms with Crippen molar-refractivity contribution in [3.63, 3.8) is 0 Å². The highest BCUT2D eigenvalue weighted by atomic mass is 19.1. The number of likely N-dealkylation sites (tertiary alicyclic amines) is 1. The average molecular weight is 398 g/mol. The fraction of sp³-hybridized carbons (Fsp3) is 0.400. The molecule has 0 bridgehead atoms. The number of piperidine rings is 1. The van der Waals surface area contributed by atoms with Crippen molar-refractivity contribution >= 4 is 17.7 Å². The predicted molar refractivity (Wildman–Crippen MR) is 105 cm³/mol. The van der Waals surface area contributed by atoms with E-state index in [2.05, 4.69) is 20.4 Å². The Kier molecular flexibility index (Phi) is 5.55. The standard InChI is InChI=1S/C20H23FN6O2/c1-14-2-4-15(5-3-14)13-29-20(28)26-8-6-16(17(21)12-26)10-23-19-24-18-11-22-7-9-27(18)25-19/h2-5,7,9,11,16-17H,6,8,10,12-13H2,1H3,(H,23,25)/t16-,17-/m1/s1. The van der Waals surface area contributed by atoms with Crippen molar-refractivity contribution < 1.29 is 13.9 Å². The number of carbonyl (C=O) groups excluding carboxylic acids is 1. The number of benzene rings is 1. The van der Waals surface area contributed by atoms with E-state index in [9.17, 15) is 9.18 Å². The summed E-state index contributed by atoms with van der Waals surface area (Å²) < 4.78 is 21.6. The Labute approximate surface area is 167 Å². The molecule has 1 N–H and O–H groups in total. The molecule has 1 aliphatic rings. The maximum absolute atomic E-state index is 14.6. The molecule has 29 heavy (non-hydrogen) atoms. The molecule has 0 unspecified atom stereocenters. The number of aryl methyl sites for hydroxylation is 1. The second-order valence-corrected chi connectivity index (χ2v) is 7.25. The van der Waals surface area contributed by atoms with Crippen LogP contribution < -0.4 is 5.32 Å². The van der Waals surface area contributed by atoms with E-state index in [0.29, 0.717) is 31.1 Å². The quantitative estimate of drug-likeness (QED) is 0.711. The second-order valence-electron chi connectivity index (χ2n) is 7.25. The molecule has 4 rings (SSSR count). The molecule has 3 heterocycles. The lowest BCUT2D eigenvalue weighted by atomic mass is 9.95. The van der Waals surface area contributed by atoms with Crippen molar-refractivity contribution in [3.8, 4) is 0 Å². The Bertz CT molecular complexity index is 944. The number of anilines is 1. The Morgan fingerprint density at radius 3 is 2.93 bits per heavy atom. The highest BCUT2D eigenvalue weighted by molar-refractivity contribution is 5.67. The molecular weight excluding hydrogens is 375 g/mol. The van der Waals surface area contributed by atoms with Gasteiger partial charge in [-0.1, -0.05) is 29.8 Å². The van der Waals surface area contributed by atoms with E-state index < -0.39 is 12.3 Å². The monoisotopic (exact) mass is 398 g/mol. The van der Waals surface area contributed by atoms with Crippen LogP contribution in [-0.4, -0.2) is 56.4 Å². The SMILES string of the molecule is Cc1ccc(COC(=O)N2CC[C@H](CNc3nc4cnccn4n3)[C@H](F)C2)cc1. The zero-order valence-corrected chi connectivity index (χ0v) is 16.2. The Morgan fingerprint density at radius 1 is 1.34 bits per heavy atom. The first kappa shape index (κ1) is 19.1. The molecule has 1 amide bonds. The van der Waals surface area contributed by atoms with Gasteiger partial charge in [0.2, 0.25) is 5.95 Å².